The van der Waals surface area contributed by atoms with Gasteiger partial charge in [0.1, 0.15) is 0 Å². The predicted molar refractivity (Wildman–Crippen MR) is 56.3 cm³/mol. The zero-order valence-corrected chi connectivity index (χ0v) is 8.55. The smallest absolute Gasteiger partial charge is 0.242 e. The summed E-state index contributed by atoms with van der Waals surface area (Å²) in [7, 11) is 1.80. The Morgan fingerprint density at radius 3 is 2.60 bits per heavy atom. The van der Waals surface area contributed by atoms with Crippen molar-refractivity contribution in [2.24, 2.45) is 0 Å². The van der Waals surface area contributed by atoms with E-state index in [1.54, 1.807) is 24.3 Å². The van der Waals surface area contributed by atoms with Gasteiger partial charge in [0.05, 0.1) is 24.6 Å². The fraction of sp³-hybridized carbons (Fsp3) is 0.444. The first-order valence-electron chi connectivity index (χ1n) is 4.73. The maximum Gasteiger partial charge on any atom is 0.242 e. The monoisotopic (exact) mass is 207 g/mol. The minimum absolute atomic E-state index is 0.0849. The Kier molecular flexibility index (Phi) is 2.40. The van der Waals surface area contributed by atoms with Crippen LogP contribution in [0.4, 0.5) is 11.6 Å². The molecule has 1 saturated heterocycles. The van der Waals surface area contributed by atoms with Gasteiger partial charge in [0.25, 0.3) is 0 Å². The molecule has 1 aromatic heterocycles. The van der Waals surface area contributed by atoms with Gasteiger partial charge in [-0.15, -0.1) is 0 Å². The second-order valence-electron chi connectivity index (χ2n) is 3.55. The Labute approximate surface area is 87.7 Å². The first kappa shape index (κ1) is 9.70. The van der Waals surface area contributed by atoms with Crippen molar-refractivity contribution in [1.29, 1.82) is 0 Å². The predicted octanol–water partition coefficient (Wildman–Crippen LogP) is -0.663. The lowest BCUT2D eigenvalue weighted by molar-refractivity contribution is -0.129. The van der Waals surface area contributed by atoms with Crippen molar-refractivity contribution >= 4 is 17.5 Å². The number of aromatic nitrogens is 2. The first-order valence-corrected chi connectivity index (χ1v) is 4.73. The number of likely N-dealkylation sites (N-methyl/N-ethyl adjacent to an activating group) is 1. The van der Waals surface area contributed by atoms with Gasteiger partial charge in [-0.1, -0.05) is 0 Å². The SMILES string of the molecule is CN1CCN(c2ncc(N)cn2)CC1=O. The van der Waals surface area contributed by atoms with Crippen LogP contribution in [0.25, 0.3) is 0 Å². The fourth-order valence-corrected chi connectivity index (χ4v) is 1.42. The van der Waals surface area contributed by atoms with Crippen molar-refractivity contribution in [3.05, 3.63) is 12.4 Å². The Hall–Kier alpha value is -1.85. The highest BCUT2D eigenvalue weighted by atomic mass is 16.2. The number of amides is 1. The van der Waals surface area contributed by atoms with Gasteiger partial charge in [0, 0.05) is 20.1 Å². The van der Waals surface area contributed by atoms with E-state index in [-0.39, 0.29) is 5.91 Å². The largest absolute Gasteiger partial charge is 0.396 e. The Bertz CT molecular complexity index is 363. The number of nitrogens with two attached hydrogens (primary N) is 1. The highest BCUT2D eigenvalue weighted by Gasteiger charge is 2.22. The van der Waals surface area contributed by atoms with Crippen LogP contribution in [0.15, 0.2) is 12.4 Å². The third kappa shape index (κ3) is 1.98. The summed E-state index contributed by atoms with van der Waals surface area (Å²) >= 11 is 0. The van der Waals surface area contributed by atoms with Crippen molar-refractivity contribution in [2.45, 2.75) is 0 Å². The van der Waals surface area contributed by atoms with E-state index < -0.39 is 0 Å². The van der Waals surface area contributed by atoms with Gasteiger partial charge in [-0.3, -0.25) is 4.79 Å². The van der Waals surface area contributed by atoms with Crippen LogP contribution in [0.3, 0.4) is 0 Å². The standard InChI is InChI=1S/C9H13N5O/c1-13-2-3-14(6-8(13)15)9-11-4-7(10)5-12-9/h4-5H,2-3,6,10H2,1H3. The molecule has 1 aliphatic rings. The number of nitrogens with zero attached hydrogens (tertiary/aromatic N) is 4. The van der Waals surface area contributed by atoms with E-state index in [1.807, 2.05) is 4.90 Å². The molecule has 0 saturated carbocycles. The fourth-order valence-electron chi connectivity index (χ4n) is 1.42. The van der Waals surface area contributed by atoms with Crippen molar-refractivity contribution < 1.29 is 4.79 Å². The number of carbonyl (C=O) groups is 1. The molecule has 0 spiro atoms. The molecule has 0 unspecified atom stereocenters. The minimum atomic E-state index is 0.0849. The van der Waals surface area contributed by atoms with Gasteiger partial charge >= 0.3 is 0 Å². The molecule has 2 N–H and O–H groups in total. The van der Waals surface area contributed by atoms with Crippen LogP contribution >= 0.6 is 0 Å². The summed E-state index contributed by atoms with van der Waals surface area (Å²) < 4.78 is 0. The molecule has 0 atom stereocenters. The van der Waals surface area contributed by atoms with E-state index in [1.165, 1.54) is 0 Å². The number of carbonyl (C=O) groups excluding carboxylic acids is 1. The summed E-state index contributed by atoms with van der Waals surface area (Å²) in [6.45, 7) is 1.79. The molecule has 2 heterocycles. The molecule has 6 heteroatoms. The van der Waals surface area contributed by atoms with Crippen LogP contribution in [0, 0.1) is 0 Å². The van der Waals surface area contributed by atoms with E-state index in [0.29, 0.717) is 24.7 Å². The molecule has 80 valence electrons. The number of rotatable bonds is 1. The summed E-state index contributed by atoms with van der Waals surface area (Å²) in [4.78, 5) is 23.2. The number of hydrogen-bond acceptors (Lipinski definition) is 5. The summed E-state index contributed by atoms with van der Waals surface area (Å²) in [5.74, 6) is 0.646. The Balaban J connectivity index is 2.12. The molecule has 0 aromatic carbocycles. The normalized spacial score (nSPS) is 17.0. The van der Waals surface area contributed by atoms with Crippen molar-refractivity contribution in [3.8, 4) is 0 Å². The van der Waals surface area contributed by atoms with E-state index in [2.05, 4.69) is 9.97 Å². The molecule has 0 aliphatic carbocycles. The van der Waals surface area contributed by atoms with Crippen LogP contribution in [-0.2, 0) is 4.79 Å². The van der Waals surface area contributed by atoms with Crippen LogP contribution in [0.2, 0.25) is 0 Å². The summed E-state index contributed by atoms with van der Waals surface area (Å²) in [6, 6.07) is 0. The van der Waals surface area contributed by atoms with Crippen molar-refractivity contribution in [1.82, 2.24) is 14.9 Å². The Morgan fingerprint density at radius 2 is 2.00 bits per heavy atom. The molecular weight excluding hydrogens is 194 g/mol. The van der Waals surface area contributed by atoms with Crippen LogP contribution < -0.4 is 10.6 Å². The molecule has 0 bridgehead atoms. The summed E-state index contributed by atoms with van der Waals surface area (Å²) in [5.41, 5.74) is 6.01. The molecule has 0 radical (unpaired) electrons. The number of anilines is 2. The maximum atomic E-state index is 11.4. The van der Waals surface area contributed by atoms with E-state index in [0.717, 1.165) is 6.54 Å². The van der Waals surface area contributed by atoms with Crippen molar-refractivity contribution in [2.75, 3.05) is 37.3 Å². The first-order chi connectivity index (χ1) is 7.16. The molecule has 6 nitrogen and oxygen atoms in total. The summed E-state index contributed by atoms with van der Waals surface area (Å²) in [5, 5.41) is 0. The van der Waals surface area contributed by atoms with Gasteiger partial charge < -0.3 is 15.5 Å². The van der Waals surface area contributed by atoms with Crippen molar-refractivity contribution in [3.63, 3.8) is 0 Å². The van der Waals surface area contributed by atoms with Gasteiger partial charge in [-0.25, -0.2) is 9.97 Å². The minimum Gasteiger partial charge on any atom is -0.396 e. The number of hydrogen-bond donors (Lipinski definition) is 1. The van der Waals surface area contributed by atoms with Gasteiger partial charge in [-0.05, 0) is 0 Å². The topological polar surface area (TPSA) is 75.3 Å². The van der Waals surface area contributed by atoms with E-state index >= 15 is 0 Å². The lowest BCUT2D eigenvalue weighted by Crippen LogP contribution is -2.49. The zero-order chi connectivity index (χ0) is 10.8. The quantitative estimate of drug-likeness (QED) is 0.661. The third-order valence-electron chi connectivity index (χ3n) is 2.40. The molecule has 1 aliphatic heterocycles. The highest BCUT2D eigenvalue weighted by molar-refractivity contribution is 5.81. The average molecular weight is 207 g/mol. The number of nitrogen functional groups attached to an aromatic ring is 1. The van der Waals surface area contributed by atoms with E-state index in [9.17, 15) is 4.79 Å². The van der Waals surface area contributed by atoms with Crippen LogP contribution in [0.1, 0.15) is 0 Å². The molecule has 1 amide bonds. The van der Waals surface area contributed by atoms with Gasteiger partial charge in [-0.2, -0.15) is 0 Å². The zero-order valence-electron chi connectivity index (χ0n) is 8.55. The second kappa shape index (κ2) is 3.72. The molecule has 1 aromatic rings. The van der Waals surface area contributed by atoms with Gasteiger partial charge in [0.2, 0.25) is 11.9 Å². The lowest BCUT2D eigenvalue weighted by Gasteiger charge is -2.31. The Morgan fingerprint density at radius 1 is 1.33 bits per heavy atom. The maximum absolute atomic E-state index is 11.4. The lowest BCUT2D eigenvalue weighted by atomic mass is 10.3. The molecule has 2 rings (SSSR count). The van der Waals surface area contributed by atoms with Crippen LogP contribution in [-0.4, -0.2) is 47.5 Å². The molecule has 15 heavy (non-hydrogen) atoms. The number of piperazine rings is 1. The summed E-state index contributed by atoms with van der Waals surface area (Å²) in [6.07, 6.45) is 3.09. The van der Waals surface area contributed by atoms with Gasteiger partial charge in [0.15, 0.2) is 0 Å². The second-order valence-corrected chi connectivity index (χ2v) is 3.55. The average Bonchev–Trinajstić information content (AvgIpc) is 2.23. The third-order valence-corrected chi connectivity index (χ3v) is 2.40. The molecular formula is C9H13N5O. The molecule has 1 fully saturated rings. The van der Waals surface area contributed by atoms with E-state index in [4.69, 9.17) is 5.73 Å². The van der Waals surface area contributed by atoms with Crippen LogP contribution in [0.5, 0.6) is 0 Å². The highest BCUT2D eigenvalue weighted by Crippen LogP contribution is 2.10.